The fraction of sp³-hybridized carbons (Fsp3) is 0.143. The number of carbonyl (C=O) groups excluding carboxylic acids is 1. The van der Waals surface area contributed by atoms with Crippen LogP contribution >= 0.6 is 0 Å². The Morgan fingerprint density at radius 2 is 1.74 bits per heavy atom. The van der Waals surface area contributed by atoms with Crippen LogP contribution in [-0.4, -0.2) is 32.7 Å². The van der Waals surface area contributed by atoms with Crippen LogP contribution in [0.1, 0.15) is 15.9 Å². The number of amides is 1. The quantitative estimate of drug-likeness (QED) is 0.383. The van der Waals surface area contributed by atoms with Crippen molar-refractivity contribution in [2.24, 2.45) is 0 Å². The Kier molecular flexibility index (Phi) is 6.77. The lowest BCUT2D eigenvalue weighted by Crippen LogP contribution is -2.17. The number of anilines is 1. The van der Waals surface area contributed by atoms with Crippen LogP contribution in [0.4, 0.5) is 27.6 Å². The number of nitrogens with one attached hydrogen (secondary N) is 1. The number of hydrogen-bond donors (Lipinski definition) is 1. The Labute approximate surface area is 190 Å². The van der Waals surface area contributed by atoms with Crippen molar-refractivity contribution in [2.75, 3.05) is 18.7 Å². The minimum atomic E-state index is -4.88. The van der Waals surface area contributed by atoms with Gasteiger partial charge in [-0.05, 0) is 36.4 Å². The molecule has 0 aliphatic heterocycles. The van der Waals surface area contributed by atoms with Gasteiger partial charge in [0.25, 0.3) is 5.91 Å². The summed E-state index contributed by atoms with van der Waals surface area (Å²) < 4.78 is 101. The van der Waals surface area contributed by atoms with Crippen molar-refractivity contribution in [3.05, 3.63) is 71.4 Å². The zero-order valence-electron chi connectivity index (χ0n) is 17.4. The molecule has 0 fully saturated rings. The van der Waals surface area contributed by atoms with Crippen molar-refractivity contribution < 1.29 is 44.6 Å². The SMILES string of the molecule is COc1cc(F)ccc1Oc1ncc(C(F)(F)F)cc1C(=O)Nc1cc(S(C)(=O)=O)ccc1F. The number of rotatable bonds is 6. The maximum atomic E-state index is 14.2. The third kappa shape index (κ3) is 5.60. The van der Waals surface area contributed by atoms with E-state index in [1.54, 1.807) is 0 Å². The molecule has 34 heavy (non-hydrogen) atoms. The molecule has 0 bridgehead atoms. The number of carbonyl (C=O) groups is 1. The molecular weight excluding hydrogens is 487 g/mol. The Bertz CT molecular complexity index is 1360. The topological polar surface area (TPSA) is 94.6 Å². The average molecular weight is 502 g/mol. The molecule has 13 heteroatoms. The Morgan fingerprint density at radius 1 is 1.03 bits per heavy atom. The van der Waals surface area contributed by atoms with Gasteiger partial charge in [0.15, 0.2) is 21.3 Å². The maximum Gasteiger partial charge on any atom is 0.417 e. The Balaban J connectivity index is 2.06. The number of alkyl halides is 3. The molecular formula is C21H15F5N2O5S. The summed E-state index contributed by atoms with van der Waals surface area (Å²) in [6.45, 7) is 0. The molecule has 0 radical (unpaired) electrons. The first-order valence-electron chi connectivity index (χ1n) is 9.19. The van der Waals surface area contributed by atoms with Crippen LogP contribution in [0, 0.1) is 11.6 Å². The molecule has 3 rings (SSSR count). The van der Waals surface area contributed by atoms with Gasteiger partial charge in [0.1, 0.15) is 17.2 Å². The van der Waals surface area contributed by atoms with Crippen molar-refractivity contribution in [1.29, 1.82) is 0 Å². The van der Waals surface area contributed by atoms with Gasteiger partial charge in [-0.15, -0.1) is 0 Å². The van der Waals surface area contributed by atoms with Crippen molar-refractivity contribution in [2.45, 2.75) is 11.1 Å². The Morgan fingerprint density at radius 3 is 2.35 bits per heavy atom. The van der Waals surface area contributed by atoms with Gasteiger partial charge >= 0.3 is 6.18 Å². The average Bonchev–Trinajstić information content (AvgIpc) is 2.75. The van der Waals surface area contributed by atoms with E-state index < -0.39 is 56.2 Å². The molecule has 0 saturated carbocycles. The van der Waals surface area contributed by atoms with Gasteiger partial charge in [0.05, 0.1) is 23.3 Å². The summed E-state index contributed by atoms with van der Waals surface area (Å²) in [5, 5.41) is 2.02. The van der Waals surface area contributed by atoms with Crippen LogP contribution in [0.25, 0.3) is 0 Å². The van der Waals surface area contributed by atoms with Crippen molar-refractivity contribution in [3.8, 4) is 17.4 Å². The molecule has 0 aliphatic carbocycles. The van der Waals surface area contributed by atoms with Crippen molar-refractivity contribution in [1.82, 2.24) is 4.98 Å². The smallest absolute Gasteiger partial charge is 0.417 e. The van der Waals surface area contributed by atoms with E-state index >= 15 is 0 Å². The largest absolute Gasteiger partial charge is 0.493 e. The zero-order chi connectivity index (χ0) is 25.3. The fourth-order valence-corrected chi connectivity index (χ4v) is 3.35. The fourth-order valence-electron chi connectivity index (χ4n) is 2.70. The first-order valence-corrected chi connectivity index (χ1v) is 11.1. The lowest BCUT2D eigenvalue weighted by atomic mass is 10.1. The molecule has 7 nitrogen and oxygen atoms in total. The molecule has 1 N–H and O–H groups in total. The molecule has 1 heterocycles. The molecule has 3 aromatic rings. The number of sulfone groups is 1. The number of pyridine rings is 1. The number of benzene rings is 2. The van der Waals surface area contributed by atoms with E-state index in [2.05, 4.69) is 4.98 Å². The highest BCUT2D eigenvalue weighted by atomic mass is 32.2. The second-order valence-corrected chi connectivity index (χ2v) is 8.86. The van der Waals surface area contributed by atoms with Gasteiger partial charge in [-0.3, -0.25) is 4.79 Å². The maximum absolute atomic E-state index is 14.2. The molecule has 180 valence electrons. The van der Waals surface area contributed by atoms with Crippen LogP contribution in [0.2, 0.25) is 0 Å². The van der Waals surface area contributed by atoms with Gasteiger partial charge in [-0.25, -0.2) is 22.2 Å². The molecule has 0 saturated heterocycles. The number of nitrogens with zero attached hydrogens (tertiary/aromatic N) is 1. The van der Waals surface area contributed by atoms with Gasteiger partial charge in [0.2, 0.25) is 5.88 Å². The van der Waals surface area contributed by atoms with Gasteiger partial charge in [0, 0.05) is 18.5 Å². The highest BCUT2D eigenvalue weighted by molar-refractivity contribution is 7.90. The van der Waals surface area contributed by atoms with Gasteiger partial charge in [-0.1, -0.05) is 0 Å². The second-order valence-electron chi connectivity index (χ2n) is 6.84. The molecule has 0 spiro atoms. The highest BCUT2D eigenvalue weighted by Gasteiger charge is 2.33. The summed E-state index contributed by atoms with van der Waals surface area (Å²) in [5.41, 5.74) is -2.66. The molecule has 1 amide bonds. The van der Waals surface area contributed by atoms with Crippen LogP contribution in [-0.2, 0) is 16.0 Å². The normalized spacial score (nSPS) is 11.7. The predicted molar refractivity (Wildman–Crippen MR) is 110 cm³/mol. The zero-order valence-corrected chi connectivity index (χ0v) is 18.2. The minimum absolute atomic E-state index is 0.139. The van der Waals surface area contributed by atoms with Crippen LogP contribution in [0.15, 0.2) is 53.6 Å². The first-order chi connectivity index (χ1) is 15.8. The van der Waals surface area contributed by atoms with Crippen molar-refractivity contribution >= 4 is 21.4 Å². The van der Waals surface area contributed by atoms with Gasteiger partial charge in [-0.2, -0.15) is 13.2 Å². The lowest BCUT2D eigenvalue weighted by Gasteiger charge is -2.15. The lowest BCUT2D eigenvalue weighted by molar-refractivity contribution is -0.137. The summed E-state index contributed by atoms with van der Waals surface area (Å²) in [5.74, 6) is -3.95. The number of methoxy groups -OCH3 is 1. The van der Waals surface area contributed by atoms with E-state index in [1.165, 1.54) is 7.11 Å². The second kappa shape index (κ2) is 9.25. The van der Waals surface area contributed by atoms with E-state index in [0.29, 0.717) is 12.3 Å². The molecule has 2 aromatic carbocycles. The summed E-state index contributed by atoms with van der Waals surface area (Å²) in [6, 6.07) is 5.99. The molecule has 0 aliphatic rings. The highest BCUT2D eigenvalue weighted by Crippen LogP contribution is 2.36. The van der Waals surface area contributed by atoms with Crippen LogP contribution in [0.5, 0.6) is 17.4 Å². The molecule has 0 atom stereocenters. The number of aromatic nitrogens is 1. The third-order valence-corrected chi connectivity index (χ3v) is 5.48. The van der Waals surface area contributed by atoms with Crippen molar-refractivity contribution in [3.63, 3.8) is 0 Å². The minimum Gasteiger partial charge on any atom is -0.493 e. The standard InChI is InChI=1S/C21H15F5N2O5S/c1-32-18-8-12(22)3-6-17(18)33-20-14(7-11(10-27-20)21(24,25)26)19(29)28-16-9-13(34(2,30)31)4-5-15(16)23/h3-10H,1-2H3,(H,28,29). The third-order valence-electron chi connectivity index (χ3n) is 4.37. The summed E-state index contributed by atoms with van der Waals surface area (Å²) in [7, 11) is -2.59. The number of halogens is 5. The molecule has 0 unspecified atom stereocenters. The van der Waals surface area contributed by atoms with E-state index in [1.807, 2.05) is 5.32 Å². The van der Waals surface area contributed by atoms with Gasteiger partial charge < -0.3 is 14.8 Å². The summed E-state index contributed by atoms with van der Waals surface area (Å²) in [6.07, 6.45) is -3.62. The monoisotopic (exact) mass is 502 g/mol. The number of hydrogen-bond acceptors (Lipinski definition) is 6. The Hall–Kier alpha value is -3.74. The van der Waals surface area contributed by atoms with E-state index in [-0.39, 0.29) is 16.4 Å². The van der Waals surface area contributed by atoms with E-state index in [0.717, 1.165) is 42.7 Å². The summed E-state index contributed by atoms with van der Waals surface area (Å²) in [4.78, 5) is 16.0. The number of ether oxygens (including phenoxy) is 2. The van der Waals surface area contributed by atoms with Crippen LogP contribution in [0.3, 0.4) is 0 Å². The first kappa shape index (κ1) is 24.9. The van der Waals surface area contributed by atoms with E-state index in [4.69, 9.17) is 9.47 Å². The summed E-state index contributed by atoms with van der Waals surface area (Å²) >= 11 is 0. The van der Waals surface area contributed by atoms with Crippen LogP contribution < -0.4 is 14.8 Å². The van der Waals surface area contributed by atoms with E-state index in [9.17, 15) is 35.2 Å². The predicted octanol–water partition coefficient (Wildman–Crippen LogP) is 4.84. The molecule has 1 aromatic heterocycles.